The fraction of sp³-hybridized carbons (Fsp3) is 0.0833. The highest BCUT2D eigenvalue weighted by Gasteiger charge is 2.18. The number of amides is 1. The number of rotatable bonds is 8. The predicted octanol–water partition coefficient (Wildman–Crippen LogP) is 5.63. The smallest absolute Gasteiger partial charge is 0.292 e. The van der Waals surface area contributed by atoms with Gasteiger partial charge >= 0.3 is 0 Å². The van der Waals surface area contributed by atoms with Crippen LogP contribution in [0.25, 0.3) is 6.08 Å². The van der Waals surface area contributed by atoms with Crippen molar-refractivity contribution in [3.8, 4) is 17.6 Å². The van der Waals surface area contributed by atoms with Gasteiger partial charge in [-0.15, -0.1) is 0 Å². The molecule has 1 amide bonds. The Morgan fingerprint density at radius 2 is 1.94 bits per heavy atom. The number of benzene rings is 3. The molecule has 8 nitrogen and oxygen atoms in total. The normalized spacial score (nSPS) is 10.8. The Morgan fingerprint density at radius 3 is 2.62 bits per heavy atom. The van der Waals surface area contributed by atoms with Gasteiger partial charge in [0.1, 0.15) is 29.8 Å². The second-order valence-electron chi connectivity index (χ2n) is 6.81. The molecule has 0 aliphatic heterocycles. The molecule has 0 bridgehead atoms. The Labute approximate surface area is 202 Å². The Hall–Kier alpha value is -4.23. The molecule has 0 aliphatic rings. The highest BCUT2D eigenvalue weighted by atomic mass is 79.9. The molecule has 10 heteroatoms. The Kier molecular flexibility index (Phi) is 7.95. The molecule has 34 heavy (non-hydrogen) atoms. The van der Waals surface area contributed by atoms with Gasteiger partial charge in [0.15, 0.2) is 11.5 Å². The molecule has 3 aromatic carbocycles. The number of nitro benzene ring substituents is 1. The molecular weight excluding hydrogens is 509 g/mol. The molecule has 1 N–H and O–H groups in total. The molecule has 0 heterocycles. The molecule has 172 valence electrons. The molecule has 0 radical (unpaired) electrons. The van der Waals surface area contributed by atoms with Crippen molar-refractivity contribution >= 4 is 39.3 Å². The van der Waals surface area contributed by atoms with Crippen molar-refractivity contribution in [1.82, 2.24) is 0 Å². The van der Waals surface area contributed by atoms with Gasteiger partial charge in [0.05, 0.1) is 16.5 Å². The summed E-state index contributed by atoms with van der Waals surface area (Å²) in [5.41, 5.74) is 0.172. The van der Waals surface area contributed by atoms with Gasteiger partial charge in [0.25, 0.3) is 11.6 Å². The van der Waals surface area contributed by atoms with Crippen LogP contribution in [-0.4, -0.2) is 17.9 Å². The molecule has 0 saturated heterocycles. The molecule has 0 saturated carbocycles. The van der Waals surface area contributed by atoms with Crippen molar-refractivity contribution in [2.45, 2.75) is 6.61 Å². The standard InChI is InChI=1S/C24H17BrFN3O5/c1-33-22-12-15(11-18(25)23(22)34-14-16-6-2-3-7-19(16)26)10-17(13-27)24(30)28-20-8-4-5-9-21(20)29(31)32/h2-12H,14H2,1H3,(H,28,30)/b17-10+. The lowest BCUT2D eigenvalue weighted by Gasteiger charge is -2.14. The minimum absolute atomic E-state index is 0.0331. The number of methoxy groups -OCH3 is 1. The summed E-state index contributed by atoms with van der Waals surface area (Å²) in [6.07, 6.45) is 1.30. The number of carbonyl (C=O) groups is 1. The molecule has 0 fully saturated rings. The first-order valence-electron chi connectivity index (χ1n) is 9.74. The van der Waals surface area contributed by atoms with Gasteiger partial charge in [-0.25, -0.2) is 4.39 Å². The minimum atomic E-state index is -0.813. The number of nitrogens with one attached hydrogen (secondary N) is 1. The van der Waals surface area contributed by atoms with Crippen molar-refractivity contribution in [3.63, 3.8) is 0 Å². The summed E-state index contributed by atoms with van der Waals surface area (Å²) in [5.74, 6) is -0.619. The zero-order valence-corrected chi connectivity index (χ0v) is 19.3. The predicted molar refractivity (Wildman–Crippen MR) is 127 cm³/mol. The molecular formula is C24H17BrFN3O5. The van der Waals surface area contributed by atoms with E-state index in [1.54, 1.807) is 30.3 Å². The van der Waals surface area contributed by atoms with Gasteiger partial charge in [0, 0.05) is 11.6 Å². The van der Waals surface area contributed by atoms with Gasteiger partial charge in [-0.05, 0) is 51.8 Å². The number of nitriles is 1. The van der Waals surface area contributed by atoms with Crippen molar-refractivity contribution in [1.29, 1.82) is 5.26 Å². The van der Waals surface area contributed by atoms with Crippen molar-refractivity contribution in [3.05, 3.63) is 97.8 Å². The van der Waals surface area contributed by atoms with Crippen LogP contribution in [0.15, 0.2) is 70.7 Å². The van der Waals surface area contributed by atoms with Crippen LogP contribution in [0, 0.1) is 27.3 Å². The number of para-hydroxylation sites is 2. The SMILES string of the molecule is COc1cc(/C=C(\C#N)C(=O)Nc2ccccc2[N+](=O)[O-])cc(Br)c1OCc1ccccc1F. The largest absolute Gasteiger partial charge is 0.493 e. The van der Waals surface area contributed by atoms with E-state index in [0.29, 0.717) is 21.3 Å². The number of ether oxygens (including phenoxy) is 2. The van der Waals surface area contributed by atoms with Gasteiger partial charge in [-0.2, -0.15) is 5.26 Å². The van der Waals surface area contributed by atoms with E-state index in [0.717, 1.165) is 0 Å². The van der Waals surface area contributed by atoms with Crippen molar-refractivity contribution < 1.29 is 23.6 Å². The highest BCUT2D eigenvalue weighted by molar-refractivity contribution is 9.10. The van der Waals surface area contributed by atoms with Crippen LogP contribution in [-0.2, 0) is 11.4 Å². The van der Waals surface area contributed by atoms with E-state index in [1.807, 2.05) is 0 Å². The summed E-state index contributed by atoms with van der Waals surface area (Å²) in [5, 5.41) is 23.0. The second kappa shape index (κ2) is 11.1. The summed E-state index contributed by atoms with van der Waals surface area (Å²) in [6.45, 7) is -0.0431. The van der Waals surface area contributed by atoms with Gasteiger partial charge in [-0.3, -0.25) is 14.9 Å². The highest BCUT2D eigenvalue weighted by Crippen LogP contribution is 2.38. The third-order valence-corrected chi connectivity index (χ3v) is 5.20. The number of hydrogen-bond acceptors (Lipinski definition) is 6. The van der Waals surface area contributed by atoms with E-state index >= 15 is 0 Å². The van der Waals surface area contributed by atoms with Crippen molar-refractivity contribution in [2.24, 2.45) is 0 Å². The number of anilines is 1. The van der Waals surface area contributed by atoms with E-state index in [9.17, 15) is 24.6 Å². The maximum Gasteiger partial charge on any atom is 0.292 e. The van der Waals surface area contributed by atoms with Crippen LogP contribution in [0.3, 0.4) is 0 Å². The summed E-state index contributed by atoms with van der Waals surface area (Å²) in [7, 11) is 1.41. The topological polar surface area (TPSA) is 114 Å². The first-order chi connectivity index (χ1) is 16.3. The lowest BCUT2D eigenvalue weighted by atomic mass is 10.1. The second-order valence-corrected chi connectivity index (χ2v) is 7.67. The molecule has 0 unspecified atom stereocenters. The molecule has 3 rings (SSSR count). The summed E-state index contributed by atoms with van der Waals surface area (Å²) in [4.78, 5) is 23.1. The van der Waals surface area contributed by atoms with Crippen LogP contribution in [0.5, 0.6) is 11.5 Å². The summed E-state index contributed by atoms with van der Waals surface area (Å²) < 4.78 is 25.4. The van der Waals surface area contributed by atoms with Crippen LogP contribution in [0.1, 0.15) is 11.1 Å². The third-order valence-electron chi connectivity index (χ3n) is 4.61. The monoisotopic (exact) mass is 525 g/mol. The van der Waals surface area contributed by atoms with Crippen LogP contribution in [0.2, 0.25) is 0 Å². The van der Waals surface area contributed by atoms with Crippen molar-refractivity contribution in [2.75, 3.05) is 12.4 Å². The fourth-order valence-corrected chi connectivity index (χ4v) is 3.55. The Morgan fingerprint density at radius 1 is 1.24 bits per heavy atom. The van der Waals surface area contributed by atoms with Crippen LogP contribution in [0.4, 0.5) is 15.8 Å². The van der Waals surface area contributed by atoms with Gasteiger partial charge < -0.3 is 14.8 Å². The molecule has 0 spiro atoms. The zero-order chi connectivity index (χ0) is 24.7. The number of nitrogens with zero attached hydrogens (tertiary/aromatic N) is 2. The van der Waals surface area contributed by atoms with E-state index in [2.05, 4.69) is 21.2 Å². The Balaban J connectivity index is 1.85. The van der Waals surface area contributed by atoms with E-state index in [1.165, 1.54) is 49.6 Å². The maximum atomic E-state index is 13.9. The zero-order valence-electron chi connectivity index (χ0n) is 17.7. The molecule has 0 atom stereocenters. The third kappa shape index (κ3) is 5.76. The first kappa shape index (κ1) is 24.4. The average molecular weight is 526 g/mol. The van der Waals surface area contributed by atoms with Crippen LogP contribution >= 0.6 is 15.9 Å². The van der Waals surface area contributed by atoms with E-state index in [4.69, 9.17) is 9.47 Å². The van der Waals surface area contributed by atoms with Gasteiger partial charge in [-0.1, -0.05) is 30.3 Å². The molecule has 0 aliphatic carbocycles. The van der Waals surface area contributed by atoms with Crippen LogP contribution < -0.4 is 14.8 Å². The lowest BCUT2D eigenvalue weighted by Crippen LogP contribution is -2.14. The average Bonchev–Trinajstić information content (AvgIpc) is 2.82. The van der Waals surface area contributed by atoms with Gasteiger partial charge in [0.2, 0.25) is 0 Å². The summed E-state index contributed by atoms with van der Waals surface area (Å²) >= 11 is 3.37. The fourth-order valence-electron chi connectivity index (χ4n) is 2.97. The molecule has 3 aromatic rings. The number of carbonyl (C=O) groups excluding carboxylic acids is 1. The Bertz CT molecular complexity index is 1320. The summed E-state index contributed by atoms with van der Waals surface area (Å²) in [6, 6.07) is 16.7. The van der Waals surface area contributed by atoms with E-state index < -0.39 is 16.6 Å². The maximum absolute atomic E-state index is 13.9. The minimum Gasteiger partial charge on any atom is -0.493 e. The first-order valence-corrected chi connectivity index (χ1v) is 10.5. The lowest BCUT2D eigenvalue weighted by molar-refractivity contribution is -0.383. The number of nitro groups is 1. The molecule has 0 aromatic heterocycles. The van der Waals surface area contributed by atoms with E-state index in [-0.39, 0.29) is 29.3 Å². The number of hydrogen-bond donors (Lipinski definition) is 1. The number of halogens is 2. The quantitative estimate of drug-likeness (QED) is 0.176.